The van der Waals surface area contributed by atoms with Crippen LogP contribution >= 0.6 is 0 Å². The zero-order chi connectivity index (χ0) is 28.6. The fourth-order valence-electron chi connectivity index (χ4n) is 4.81. The number of hydrogen-bond acceptors (Lipinski definition) is 7. The van der Waals surface area contributed by atoms with Crippen LogP contribution in [-0.2, 0) is 30.4 Å². The van der Waals surface area contributed by atoms with E-state index >= 15 is 0 Å². The smallest absolute Gasteiger partial charge is 0.303 e. The average Bonchev–Trinajstić information content (AvgIpc) is 2.96. The summed E-state index contributed by atoms with van der Waals surface area (Å²) in [5, 5.41) is 12.3. The molecule has 3 aromatic carbocycles. The Kier molecular flexibility index (Phi) is 10.1. The molecular formula is C32H38N2O6. The highest BCUT2D eigenvalue weighted by Crippen LogP contribution is 2.39. The van der Waals surface area contributed by atoms with E-state index in [1.165, 1.54) is 19.4 Å². The van der Waals surface area contributed by atoms with E-state index in [1.54, 1.807) is 6.07 Å². The SMILES string of the molecule is CC(=O)OC(C)C(=O)Nc1cccc(C2OC(CN(C)C(C)c3ccccc3)CC(c3ccc(CO)cc3)O2)c1. The number of amides is 1. The second-order valence-corrected chi connectivity index (χ2v) is 10.2. The molecule has 40 heavy (non-hydrogen) atoms. The van der Waals surface area contributed by atoms with Crippen LogP contribution in [0.4, 0.5) is 5.69 Å². The number of esters is 1. The molecule has 0 bridgehead atoms. The summed E-state index contributed by atoms with van der Waals surface area (Å²) in [6.07, 6.45) is -1.26. The van der Waals surface area contributed by atoms with E-state index in [9.17, 15) is 14.7 Å². The lowest BCUT2D eigenvalue weighted by Crippen LogP contribution is -2.38. The molecule has 1 aliphatic heterocycles. The molecule has 5 unspecified atom stereocenters. The molecule has 5 atom stereocenters. The maximum absolute atomic E-state index is 12.5. The topological polar surface area (TPSA) is 97.3 Å². The first kappa shape index (κ1) is 29.4. The van der Waals surface area contributed by atoms with Crippen LogP contribution in [0.5, 0.6) is 0 Å². The van der Waals surface area contributed by atoms with Gasteiger partial charge >= 0.3 is 5.97 Å². The molecule has 8 heteroatoms. The molecule has 0 aliphatic carbocycles. The van der Waals surface area contributed by atoms with Gasteiger partial charge in [0.05, 0.1) is 18.8 Å². The Bertz CT molecular complexity index is 1270. The Morgan fingerprint density at radius 3 is 2.40 bits per heavy atom. The molecule has 0 aromatic heterocycles. The molecule has 3 aromatic rings. The lowest BCUT2D eigenvalue weighted by molar-refractivity contribution is -0.253. The van der Waals surface area contributed by atoms with Gasteiger partial charge in [-0.1, -0.05) is 66.7 Å². The van der Waals surface area contributed by atoms with Crippen molar-refractivity contribution >= 4 is 17.6 Å². The highest BCUT2D eigenvalue weighted by atomic mass is 16.7. The number of likely N-dealkylation sites (N-methyl/N-ethyl adjacent to an activating group) is 1. The third-order valence-electron chi connectivity index (χ3n) is 7.19. The Morgan fingerprint density at radius 2 is 1.73 bits per heavy atom. The maximum atomic E-state index is 12.5. The van der Waals surface area contributed by atoms with Crippen LogP contribution in [0.3, 0.4) is 0 Å². The number of aliphatic hydroxyl groups excluding tert-OH is 1. The summed E-state index contributed by atoms with van der Waals surface area (Å²) in [4.78, 5) is 26.0. The molecule has 212 valence electrons. The maximum Gasteiger partial charge on any atom is 0.303 e. The fourth-order valence-corrected chi connectivity index (χ4v) is 4.81. The first-order chi connectivity index (χ1) is 19.2. The van der Waals surface area contributed by atoms with Crippen LogP contribution in [-0.4, -0.2) is 47.7 Å². The molecular weight excluding hydrogens is 508 g/mol. The Balaban J connectivity index is 1.54. The van der Waals surface area contributed by atoms with Crippen LogP contribution in [0.15, 0.2) is 78.9 Å². The normalized spacial score (nSPS) is 20.5. The number of nitrogens with one attached hydrogen (secondary N) is 1. The number of hydrogen-bond donors (Lipinski definition) is 2. The van der Waals surface area contributed by atoms with E-state index in [0.29, 0.717) is 18.7 Å². The number of nitrogens with zero attached hydrogens (tertiary/aromatic N) is 1. The molecule has 1 amide bonds. The average molecular weight is 547 g/mol. The highest BCUT2D eigenvalue weighted by molar-refractivity contribution is 5.95. The Hall–Kier alpha value is -3.56. The van der Waals surface area contributed by atoms with Gasteiger partial charge in [0, 0.05) is 37.2 Å². The van der Waals surface area contributed by atoms with Crippen molar-refractivity contribution in [2.45, 2.75) is 64.4 Å². The third-order valence-corrected chi connectivity index (χ3v) is 7.19. The fraction of sp³-hybridized carbons (Fsp3) is 0.375. The lowest BCUT2D eigenvalue weighted by Gasteiger charge is -2.39. The minimum atomic E-state index is -0.916. The van der Waals surface area contributed by atoms with Crippen molar-refractivity contribution in [3.63, 3.8) is 0 Å². The predicted molar refractivity (Wildman–Crippen MR) is 152 cm³/mol. The molecule has 1 fully saturated rings. The number of carbonyl (C=O) groups is 2. The number of benzene rings is 3. The van der Waals surface area contributed by atoms with Crippen LogP contribution in [0.2, 0.25) is 0 Å². The van der Waals surface area contributed by atoms with Crippen molar-refractivity contribution in [1.82, 2.24) is 4.90 Å². The van der Waals surface area contributed by atoms with E-state index in [0.717, 1.165) is 16.7 Å². The van der Waals surface area contributed by atoms with Gasteiger partial charge in [-0.25, -0.2) is 0 Å². The van der Waals surface area contributed by atoms with Gasteiger partial charge in [0.2, 0.25) is 0 Å². The summed E-state index contributed by atoms with van der Waals surface area (Å²) < 4.78 is 18.0. The van der Waals surface area contributed by atoms with Gasteiger partial charge in [-0.15, -0.1) is 0 Å². The number of rotatable bonds is 10. The van der Waals surface area contributed by atoms with Gasteiger partial charge in [-0.2, -0.15) is 0 Å². The lowest BCUT2D eigenvalue weighted by atomic mass is 9.99. The molecule has 1 saturated heterocycles. The van der Waals surface area contributed by atoms with E-state index in [1.807, 2.05) is 60.7 Å². The van der Waals surface area contributed by atoms with E-state index < -0.39 is 24.3 Å². The Labute approximate surface area is 235 Å². The second-order valence-electron chi connectivity index (χ2n) is 10.2. The van der Waals surface area contributed by atoms with Gasteiger partial charge in [-0.3, -0.25) is 14.5 Å². The first-order valence-electron chi connectivity index (χ1n) is 13.6. The van der Waals surface area contributed by atoms with Crippen molar-refractivity contribution in [2.24, 2.45) is 0 Å². The minimum absolute atomic E-state index is 0.0169. The second kappa shape index (κ2) is 13.7. The number of anilines is 1. The van der Waals surface area contributed by atoms with Crippen LogP contribution in [0.1, 0.15) is 67.9 Å². The van der Waals surface area contributed by atoms with Crippen LogP contribution in [0.25, 0.3) is 0 Å². The van der Waals surface area contributed by atoms with Crippen LogP contribution in [0, 0.1) is 0 Å². The summed E-state index contributed by atoms with van der Waals surface area (Å²) in [5.41, 5.74) is 4.39. The van der Waals surface area contributed by atoms with Gasteiger partial charge in [0.1, 0.15) is 0 Å². The quantitative estimate of drug-likeness (QED) is 0.333. The third kappa shape index (κ3) is 7.76. The molecule has 8 nitrogen and oxygen atoms in total. The number of carbonyl (C=O) groups excluding carboxylic acids is 2. The molecule has 4 rings (SSSR count). The summed E-state index contributed by atoms with van der Waals surface area (Å²) in [6, 6.07) is 25.7. The van der Waals surface area contributed by atoms with Crippen molar-refractivity contribution in [1.29, 1.82) is 0 Å². The summed E-state index contributed by atoms with van der Waals surface area (Å²) in [6.45, 7) is 5.65. The number of aliphatic hydroxyl groups is 1. The standard InChI is InChI=1S/C32H38N2O6/c1-21(25-9-6-5-7-10-25)34(4)19-29-18-30(26-15-13-24(20-35)14-16-26)40-32(39-29)27-11-8-12-28(17-27)33-31(37)22(2)38-23(3)36/h5-17,21-22,29-30,32,35H,18-20H2,1-4H3,(H,33,37). The summed E-state index contributed by atoms with van der Waals surface area (Å²) >= 11 is 0. The molecule has 1 aliphatic rings. The van der Waals surface area contributed by atoms with E-state index in [2.05, 4.69) is 36.3 Å². The first-order valence-corrected chi connectivity index (χ1v) is 13.6. The van der Waals surface area contributed by atoms with Gasteiger partial charge in [0.15, 0.2) is 12.4 Å². The molecule has 0 spiro atoms. The zero-order valence-electron chi connectivity index (χ0n) is 23.4. The minimum Gasteiger partial charge on any atom is -0.453 e. The zero-order valence-corrected chi connectivity index (χ0v) is 23.4. The highest BCUT2D eigenvalue weighted by Gasteiger charge is 2.33. The van der Waals surface area contributed by atoms with Gasteiger partial charge in [-0.05, 0) is 49.7 Å². The van der Waals surface area contributed by atoms with Crippen molar-refractivity contribution < 1.29 is 28.9 Å². The predicted octanol–water partition coefficient (Wildman–Crippen LogP) is 5.31. The number of ether oxygens (including phenoxy) is 3. The monoisotopic (exact) mass is 546 g/mol. The molecule has 1 heterocycles. The molecule has 2 N–H and O–H groups in total. The van der Waals surface area contributed by atoms with Gasteiger partial charge < -0.3 is 24.6 Å². The summed E-state index contributed by atoms with van der Waals surface area (Å²) in [5.74, 6) is -0.940. The van der Waals surface area contributed by atoms with E-state index in [4.69, 9.17) is 14.2 Å². The van der Waals surface area contributed by atoms with E-state index in [-0.39, 0.29) is 24.9 Å². The van der Waals surface area contributed by atoms with Crippen molar-refractivity contribution in [3.05, 3.63) is 101 Å². The molecule has 0 saturated carbocycles. The van der Waals surface area contributed by atoms with Gasteiger partial charge in [0.25, 0.3) is 5.91 Å². The van der Waals surface area contributed by atoms with Crippen molar-refractivity contribution in [2.75, 3.05) is 18.9 Å². The summed E-state index contributed by atoms with van der Waals surface area (Å²) in [7, 11) is 2.09. The van der Waals surface area contributed by atoms with Crippen molar-refractivity contribution in [3.8, 4) is 0 Å². The Morgan fingerprint density at radius 1 is 1.00 bits per heavy atom. The molecule has 0 radical (unpaired) electrons. The van der Waals surface area contributed by atoms with Crippen LogP contribution < -0.4 is 5.32 Å². The largest absolute Gasteiger partial charge is 0.453 e.